The van der Waals surface area contributed by atoms with Gasteiger partial charge in [-0.1, -0.05) is 41.4 Å². The van der Waals surface area contributed by atoms with Crippen LogP contribution in [-0.4, -0.2) is 15.7 Å². The molecule has 0 aliphatic rings. The number of ether oxygens (including phenoxy) is 1. The van der Waals surface area contributed by atoms with Crippen LogP contribution < -0.4 is 10.1 Å². The number of aryl methyl sites for hydroxylation is 2. The molecule has 2 heterocycles. The van der Waals surface area contributed by atoms with E-state index in [0.29, 0.717) is 32.6 Å². The van der Waals surface area contributed by atoms with E-state index in [0.717, 1.165) is 22.4 Å². The second kappa shape index (κ2) is 10.0. The molecule has 170 valence electrons. The Morgan fingerprint density at radius 1 is 1.15 bits per heavy atom. The first-order chi connectivity index (χ1) is 15.8. The average molecular weight is 549 g/mol. The van der Waals surface area contributed by atoms with Gasteiger partial charge in [-0.15, -0.1) is 0 Å². The van der Waals surface area contributed by atoms with Gasteiger partial charge in [0.2, 0.25) is 0 Å². The van der Waals surface area contributed by atoms with Crippen molar-refractivity contribution in [2.45, 2.75) is 27.0 Å². The number of hydrogen-bond donors (Lipinski definition) is 1. The molecule has 0 saturated carbocycles. The first-order valence-electron chi connectivity index (χ1n) is 10.1. The number of aromatic nitrogens is 2. The van der Waals surface area contributed by atoms with Gasteiger partial charge in [0, 0.05) is 16.2 Å². The van der Waals surface area contributed by atoms with Gasteiger partial charge in [-0.25, -0.2) is 0 Å². The molecule has 4 aromatic rings. The summed E-state index contributed by atoms with van der Waals surface area (Å²) < 4.78 is 13.8. The Morgan fingerprint density at radius 3 is 2.76 bits per heavy atom. The summed E-state index contributed by atoms with van der Waals surface area (Å²) >= 11 is 15.6. The Morgan fingerprint density at radius 2 is 1.97 bits per heavy atom. The molecule has 0 aliphatic carbocycles. The van der Waals surface area contributed by atoms with Crippen LogP contribution in [0.25, 0.3) is 0 Å². The normalized spacial score (nSPS) is 10.9. The second-order valence-corrected chi connectivity index (χ2v) is 9.23. The summed E-state index contributed by atoms with van der Waals surface area (Å²) in [5.41, 5.74) is 3.00. The molecule has 9 heteroatoms. The number of amides is 1. The minimum atomic E-state index is -0.413. The molecule has 0 unspecified atom stereocenters. The molecule has 6 nitrogen and oxygen atoms in total. The monoisotopic (exact) mass is 547 g/mol. The van der Waals surface area contributed by atoms with E-state index in [1.165, 1.54) is 0 Å². The van der Waals surface area contributed by atoms with E-state index < -0.39 is 5.91 Å². The summed E-state index contributed by atoms with van der Waals surface area (Å²) in [5, 5.41) is 8.28. The Balaban J connectivity index is 1.39. The lowest BCUT2D eigenvalue weighted by molar-refractivity contribution is 0.0992. The van der Waals surface area contributed by atoms with Crippen LogP contribution in [0.1, 0.15) is 33.0 Å². The van der Waals surface area contributed by atoms with Crippen molar-refractivity contribution in [3.05, 3.63) is 97.5 Å². The molecular formula is C24H20BrCl2N3O3. The number of rotatable bonds is 7. The third kappa shape index (κ3) is 5.79. The fraction of sp³-hybridized carbons (Fsp3) is 0.167. The van der Waals surface area contributed by atoms with Crippen molar-refractivity contribution in [1.82, 2.24) is 9.78 Å². The largest absolute Gasteiger partial charge is 0.485 e. The zero-order valence-corrected chi connectivity index (χ0v) is 21.0. The first kappa shape index (κ1) is 23.4. The van der Waals surface area contributed by atoms with Gasteiger partial charge in [0.05, 0.1) is 11.0 Å². The maximum Gasteiger partial charge on any atom is 0.292 e. The molecule has 2 aromatic carbocycles. The Kier molecular flexibility index (Phi) is 7.12. The molecule has 4 rings (SSSR count). The fourth-order valence-corrected chi connectivity index (χ4v) is 4.03. The van der Waals surface area contributed by atoms with E-state index >= 15 is 0 Å². The minimum Gasteiger partial charge on any atom is -0.485 e. The van der Waals surface area contributed by atoms with Crippen molar-refractivity contribution in [1.29, 1.82) is 0 Å². The molecule has 0 radical (unpaired) electrons. The SMILES string of the molecule is Cc1ccc(C)c(OCc2ccc(C(=O)Nc3nn(Cc4ccc(Cl)cc4Cl)cc3Br)o2)c1. The third-order valence-electron chi connectivity index (χ3n) is 4.90. The van der Waals surface area contributed by atoms with Gasteiger partial charge in [0.1, 0.15) is 18.1 Å². The standard InChI is InChI=1S/C24H20BrCl2N3O3/c1-14-3-4-15(2)22(9-14)32-13-18-7-8-21(33-18)24(31)28-23-19(25)12-30(29-23)11-16-5-6-17(26)10-20(16)27/h3-10,12H,11,13H2,1-2H3,(H,28,29,31). The van der Waals surface area contributed by atoms with Gasteiger partial charge in [-0.05, 0) is 76.8 Å². The predicted molar refractivity (Wildman–Crippen MR) is 132 cm³/mol. The number of nitrogens with one attached hydrogen (secondary N) is 1. The number of carbonyl (C=O) groups excluding carboxylic acids is 1. The van der Waals surface area contributed by atoms with Crippen LogP contribution in [0.5, 0.6) is 5.75 Å². The Labute approximate surface area is 209 Å². The lowest BCUT2D eigenvalue weighted by Gasteiger charge is -2.08. The smallest absolute Gasteiger partial charge is 0.292 e. The van der Waals surface area contributed by atoms with Gasteiger partial charge in [-0.3, -0.25) is 9.48 Å². The van der Waals surface area contributed by atoms with E-state index in [1.54, 1.807) is 35.1 Å². The van der Waals surface area contributed by atoms with Crippen molar-refractivity contribution < 1.29 is 13.9 Å². The molecule has 1 N–H and O–H groups in total. The Bertz CT molecular complexity index is 1320. The van der Waals surface area contributed by atoms with Crippen LogP contribution in [0.3, 0.4) is 0 Å². The van der Waals surface area contributed by atoms with Crippen LogP contribution in [0.4, 0.5) is 5.82 Å². The quantitative estimate of drug-likeness (QED) is 0.269. The molecule has 0 atom stereocenters. The molecule has 0 saturated heterocycles. The number of anilines is 1. The number of benzene rings is 2. The van der Waals surface area contributed by atoms with E-state index in [4.69, 9.17) is 32.4 Å². The van der Waals surface area contributed by atoms with Crippen molar-refractivity contribution >= 4 is 50.9 Å². The highest BCUT2D eigenvalue weighted by atomic mass is 79.9. The van der Waals surface area contributed by atoms with Gasteiger partial charge in [0.25, 0.3) is 5.91 Å². The number of nitrogens with zero attached hydrogens (tertiary/aromatic N) is 2. The molecule has 0 aliphatic heterocycles. The highest BCUT2D eigenvalue weighted by molar-refractivity contribution is 9.10. The van der Waals surface area contributed by atoms with Gasteiger partial charge >= 0.3 is 0 Å². The predicted octanol–water partition coefficient (Wildman–Crippen LogP) is 7.04. The molecule has 1 amide bonds. The zero-order chi connectivity index (χ0) is 23.5. The fourth-order valence-electron chi connectivity index (χ4n) is 3.15. The van der Waals surface area contributed by atoms with Crippen LogP contribution in [0, 0.1) is 13.8 Å². The van der Waals surface area contributed by atoms with E-state index in [9.17, 15) is 4.79 Å². The molecular weight excluding hydrogens is 529 g/mol. The van der Waals surface area contributed by atoms with Crippen LogP contribution in [-0.2, 0) is 13.2 Å². The highest BCUT2D eigenvalue weighted by Crippen LogP contribution is 2.25. The summed E-state index contributed by atoms with van der Waals surface area (Å²) in [5.74, 6) is 1.45. The van der Waals surface area contributed by atoms with Crippen molar-refractivity contribution in [2.75, 3.05) is 5.32 Å². The van der Waals surface area contributed by atoms with Crippen molar-refractivity contribution in [3.63, 3.8) is 0 Å². The minimum absolute atomic E-state index is 0.164. The summed E-state index contributed by atoms with van der Waals surface area (Å²) in [6, 6.07) is 14.6. The third-order valence-corrected chi connectivity index (χ3v) is 6.06. The zero-order valence-electron chi connectivity index (χ0n) is 17.9. The van der Waals surface area contributed by atoms with E-state index in [-0.39, 0.29) is 12.4 Å². The average Bonchev–Trinajstić information content (AvgIpc) is 3.37. The lowest BCUT2D eigenvalue weighted by Crippen LogP contribution is -2.12. The molecule has 0 fully saturated rings. The van der Waals surface area contributed by atoms with E-state index in [1.807, 2.05) is 38.1 Å². The molecule has 2 aromatic heterocycles. The molecule has 33 heavy (non-hydrogen) atoms. The van der Waals surface area contributed by atoms with Gasteiger partial charge in [0.15, 0.2) is 11.6 Å². The first-order valence-corrected chi connectivity index (χ1v) is 11.6. The number of carbonyl (C=O) groups is 1. The van der Waals surface area contributed by atoms with Crippen LogP contribution in [0.2, 0.25) is 10.0 Å². The summed E-state index contributed by atoms with van der Waals surface area (Å²) in [6.07, 6.45) is 1.76. The van der Waals surface area contributed by atoms with Crippen LogP contribution >= 0.6 is 39.1 Å². The number of hydrogen-bond acceptors (Lipinski definition) is 4. The maximum atomic E-state index is 12.7. The topological polar surface area (TPSA) is 69.3 Å². The maximum absolute atomic E-state index is 12.7. The number of furan rings is 1. The van der Waals surface area contributed by atoms with E-state index in [2.05, 4.69) is 26.3 Å². The lowest BCUT2D eigenvalue weighted by atomic mass is 10.1. The highest BCUT2D eigenvalue weighted by Gasteiger charge is 2.16. The summed E-state index contributed by atoms with van der Waals surface area (Å²) in [6.45, 7) is 4.63. The van der Waals surface area contributed by atoms with Gasteiger partial charge < -0.3 is 14.5 Å². The summed E-state index contributed by atoms with van der Waals surface area (Å²) in [4.78, 5) is 12.7. The van der Waals surface area contributed by atoms with Crippen LogP contribution in [0.15, 0.2) is 63.6 Å². The molecule has 0 spiro atoms. The van der Waals surface area contributed by atoms with Crippen molar-refractivity contribution in [3.8, 4) is 5.75 Å². The second-order valence-electron chi connectivity index (χ2n) is 7.54. The Hall–Kier alpha value is -2.74. The summed E-state index contributed by atoms with van der Waals surface area (Å²) in [7, 11) is 0. The molecule has 0 bridgehead atoms. The van der Waals surface area contributed by atoms with Crippen molar-refractivity contribution in [2.24, 2.45) is 0 Å². The number of halogens is 3. The van der Waals surface area contributed by atoms with Gasteiger partial charge in [-0.2, -0.15) is 5.10 Å².